The monoisotopic (exact) mass is 475 g/mol. The third-order valence-electron chi connectivity index (χ3n) is 4.94. The van der Waals surface area contributed by atoms with Crippen LogP contribution in [0, 0.1) is 12.8 Å². The normalized spacial score (nSPS) is 10.9. The molecule has 0 radical (unpaired) electrons. The van der Waals surface area contributed by atoms with E-state index in [1.807, 2.05) is 37.3 Å². The fourth-order valence-electron chi connectivity index (χ4n) is 3.23. The predicted molar refractivity (Wildman–Crippen MR) is 140 cm³/mol. The minimum Gasteiger partial charge on any atom is -0.493 e. The van der Waals surface area contributed by atoms with Crippen LogP contribution >= 0.6 is 23.6 Å². The summed E-state index contributed by atoms with van der Waals surface area (Å²) >= 11 is 7.03. The first kappa shape index (κ1) is 22.9. The van der Waals surface area contributed by atoms with Crippen molar-refractivity contribution in [3.05, 3.63) is 77.9 Å². The second-order valence-electron chi connectivity index (χ2n) is 8.15. The maximum absolute atomic E-state index is 12.5. The van der Waals surface area contributed by atoms with Crippen LogP contribution < -0.4 is 15.4 Å². The number of carbonyl (C=O) groups excluding carboxylic acids is 1. The minimum absolute atomic E-state index is 0.246. The molecule has 168 valence electrons. The van der Waals surface area contributed by atoms with E-state index in [9.17, 15) is 4.79 Å². The van der Waals surface area contributed by atoms with Crippen molar-refractivity contribution < 1.29 is 9.53 Å². The van der Waals surface area contributed by atoms with E-state index in [0.29, 0.717) is 18.1 Å². The van der Waals surface area contributed by atoms with Gasteiger partial charge < -0.3 is 10.1 Å². The molecule has 3 aromatic carbocycles. The summed E-state index contributed by atoms with van der Waals surface area (Å²) in [5.74, 6) is 0.909. The Kier molecular flexibility index (Phi) is 7.01. The average Bonchev–Trinajstić information content (AvgIpc) is 3.23. The van der Waals surface area contributed by atoms with Gasteiger partial charge in [-0.3, -0.25) is 10.1 Å². The Labute approximate surface area is 202 Å². The number of para-hydroxylation sites is 1. The van der Waals surface area contributed by atoms with E-state index in [0.717, 1.165) is 37.8 Å². The fraction of sp³-hybridized carbons (Fsp3) is 0.192. The van der Waals surface area contributed by atoms with Gasteiger partial charge in [-0.15, -0.1) is 11.3 Å². The fourth-order valence-corrected chi connectivity index (χ4v) is 4.39. The van der Waals surface area contributed by atoms with E-state index in [1.54, 1.807) is 35.6 Å². The summed E-state index contributed by atoms with van der Waals surface area (Å²) in [5.41, 5.74) is 4.41. The van der Waals surface area contributed by atoms with Crippen LogP contribution in [0.15, 0.2) is 66.7 Å². The second-order valence-corrected chi connectivity index (χ2v) is 9.59. The van der Waals surface area contributed by atoms with Crippen molar-refractivity contribution in [2.75, 3.05) is 11.9 Å². The topological polar surface area (TPSA) is 63.2 Å². The van der Waals surface area contributed by atoms with Gasteiger partial charge in [0.05, 0.1) is 16.8 Å². The molecule has 0 saturated heterocycles. The molecule has 33 heavy (non-hydrogen) atoms. The Morgan fingerprint density at radius 3 is 2.55 bits per heavy atom. The molecule has 0 saturated carbocycles. The van der Waals surface area contributed by atoms with E-state index in [2.05, 4.69) is 36.6 Å². The van der Waals surface area contributed by atoms with E-state index in [-0.39, 0.29) is 11.0 Å². The number of carbonyl (C=O) groups is 1. The lowest BCUT2D eigenvalue weighted by Crippen LogP contribution is -2.34. The maximum atomic E-state index is 12.5. The molecule has 0 aliphatic rings. The molecule has 4 rings (SSSR count). The zero-order valence-electron chi connectivity index (χ0n) is 18.7. The summed E-state index contributed by atoms with van der Waals surface area (Å²) in [6.45, 7) is 6.81. The zero-order chi connectivity index (χ0) is 23.4. The summed E-state index contributed by atoms with van der Waals surface area (Å²) in [5, 5.41) is 7.07. The first-order valence-electron chi connectivity index (χ1n) is 10.7. The minimum atomic E-state index is -0.272. The number of amides is 1. The van der Waals surface area contributed by atoms with Crippen LogP contribution in [-0.4, -0.2) is 22.6 Å². The molecule has 7 heteroatoms. The van der Waals surface area contributed by atoms with Gasteiger partial charge in [0.1, 0.15) is 10.8 Å². The molecular weight excluding hydrogens is 450 g/mol. The van der Waals surface area contributed by atoms with Crippen molar-refractivity contribution in [3.8, 4) is 16.3 Å². The molecule has 0 unspecified atom stereocenters. The number of hydrogen-bond acceptors (Lipinski definition) is 5. The van der Waals surface area contributed by atoms with Gasteiger partial charge in [-0.2, -0.15) is 0 Å². The number of aromatic nitrogens is 1. The van der Waals surface area contributed by atoms with Gasteiger partial charge in [0.2, 0.25) is 0 Å². The molecule has 1 aromatic heterocycles. The lowest BCUT2D eigenvalue weighted by Gasteiger charge is -2.13. The van der Waals surface area contributed by atoms with Gasteiger partial charge in [0, 0.05) is 16.8 Å². The van der Waals surface area contributed by atoms with Gasteiger partial charge >= 0.3 is 0 Å². The molecule has 0 aliphatic heterocycles. The summed E-state index contributed by atoms with van der Waals surface area (Å²) in [6.07, 6.45) is 0. The molecule has 0 fully saturated rings. The van der Waals surface area contributed by atoms with Crippen LogP contribution in [0.1, 0.15) is 29.8 Å². The summed E-state index contributed by atoms with van der Waals surface area (Å²) in [6, 6.07) is 21.2. The summed E-state index contributed by atoms with van der Waals surface area (Å²) in [7, 11) is 0. The van der Waals surface area contributed by atoms with Crippen LogP contribution in [0.2, 0.25) is 0 Å². The van der Waals surface area contributed by atoms with Gasteiger partial charge in [-0.05, 0) is 85.2 Å². The molecule has 0 atom stereocenters. The Balaban J connectivity index is 1.38. The summed E-state index contributed by atoms with van der Waals surface area (Å²) in [4.78, 5) is 17.3. The number of anilines is 1. The van der Waals surface area contributed by atoms with Crippen LogP contribution in [0.5, 0.6) is 5.75 Å². The lowest BCUT2D eigenvalue weighted by atomic mass is 10.1. The van der Waals surface area contributed by atoms with Crippen molar-refractivity contribution in [1.29, 1.82) is 0 Å². The van der Waals surface area contributed by atoms with Crippen LogP contribution in [0.3, 0.4) is 0 Å². The van der Waals surface area contributed by atoms with E-state index < -0.39 is 0 Å². The van der Waals surface area contributed by atoms with Crippen molar-refractivity contribution in [2.24, 2.45) is 5.92 Å². The Morgan fingerprint density at radius 1 is 1.09 bits per heavy atom. The van der Waals surface area contributed by atoms with Crippen LogP contribution in [0.25, 0.3) is 20.8 Å². The number of aryl methyl sites for hydroxylation is 1. The maximum Gasteiger partial charge on any atom is 0.257 e. The second kappa shape index (κ2) is 10.1. The highest BCUT2D eigenvalue weighted by Crippen LogP contribution is 2.31. The standard InChI is InChI=1S/C26H25N3O2S2/c1-16(2)15-31-20-11-8-18(9-12-20)24(30)29-26(32)28-21-13-10-19(14-17(21)3)25-27-22-6-4-5-7-23(22)33-25/h4-14,16H,15H2,1-3H3,(H2,28,29,30,32). The Bertz CT molecular complexity index is 1260. The molecule has 0 spiro atoms. The highest BCUT2D eigenvalue weighted by molar-refractivity contribution is 7.80. The molecule has 2 N–H and O–H groups in total. The molecule has 4 aromatic rings. The number of ether oxygens (including phenoxy) is 1. The Morgan fingerprint density at radius 2 is 1.85 bits per heavy atom. The average molecular weight is 476 g/mol. The number of fused-ring (bicyclic) bond motifs is 1. The van der Waals surface area contributed by atoms with Crippen molar-refractivity contribution in [2.45, 2.75) is 20.8 Å². The highest BCUT2D eigenvalue weighted by Gasteiger charge is 2.11. The molecule has 0 bridgehead atoms. The Hall–Kier alpha value is -3.29. The molecule has 1 heterocycles. The van der Waals surface area contributed by atoms with Gasteiger partial charge in [-0.25, -0.2) is 4.98 Å². The zero-order valence-corrected chi connectivity index (χ0v) is 20.3. The molecule has 5 nitrogen and oxygen atoms in total. The van der Waals surface area contributed by atoms with Gasteiger partial charge in [0.15, 0.2) is 5.11 Å². The number of nitrogens with one attached hydrogen (secondary N) is 2. The number of hydrogen-bond donors (Lipinski definition) is 2. The smallest absolute Gasteiger partial charge is 0.257 e. The summed E-state index contributed by atoms with van der Waals surface area (Å²) < 4.78 is 6.82. The molecule has 1 amide bonds. The number of nitrogens with zero attached hydrogens (tertiary/aromatic N) is 1. The molecule has 0 aliphatic carbocycles. The van der Waals surface area contributed by atoms with Gasteiger partial charge in [-0.1, -0.05) is 26.0 Å². The largest absolute Gasteiger partial charge is 0.493 e. The SMILES string of the molecule is Cc1cc(-c2nc3ccccc3s2)ccc1NC(=S)NC(=O)c1ccc(OCC(C)C)cc1. The third kappa shape index (κ3) is 5.74. The van der Waals surface area contributed by atoms with E-state index in [4.69, 9.17) is 21.9 Å². The van der Waals surface area contributed by atoms with Crippen LogP contribution in [-0.2, 0) is 0 Å². The predicted octanol–water partition coefficient (Wildman–Crippen LogP) is 6.43. The number of thiocarbonyl (C=S) groups is 1. The first-order valence-corrected chi connectivity index (χ1v) is 11.9. The van der Waals surface area contributed by atoms with Crippen molar-refractivity contribution in [3.63, 3.8) is 0 Å². The van der Waals surface area contributed by atoms with Crippen LogP contribution in [0.4, 0.5) is 5.69 Å². The number of benzene rings is 3. The van der Waals surface area contributed by atoms with Crippen molar-refractivity contribution in [1.82, 2.24) is 10.3 Å². The highest BCUT2D eigenvalue weighted by atomic mass is 32.1. The first-order chi connectivity index (χ1) is 15.9. The quantitative estimate of drug-likeness (QED) is 0.315. The number of thiazole rings is 1. The molecular formula is C26H25N3O2S2. The van der Waals surface area contributed by atoms with Gasteiger partial charge in [0.25, 0.3) is 5.91 Å². The third-order valence-corrected chi connectivity index (χ3v) is 6.23. The lowest BCUT2D eigenvalue weighted by molar-refractivity contribution is 0.0977. The van der Waals surface area contributed by atoms with Crippen molar-refractivity contribution >= 4 is 50.5 Å². The number of rotatable bonds is 6. The van der Waals surface area contributed by atoms with E-state index in [1.165, 1.54) is 0 Å². The van der Waals surface area contributed by atoms with E-state index >= 15 is 0 Å².